The van der Waals surface area contributed by atoms with Crippen LogP contribution >= 0.6 is 11.6 Å². The van der Waals surface area contributed by atoms with Crippen LogP contribution < -0.4 is 11.1 Å². The van der Waals surface area contributed by atoms with Gasteiger partial charge < -0.3 is 11.1 Å². The van der Waals surface area contributed by atoms with Crippen molar-refractivity contribution in [3.8, 4) is 0 Å². The summed E-state index contributed by atoms with van der Waals surface area (Å²) in [5, 5.41) is 4.33. The van der Waals surface area contributed by atoms with E-state index >= 15 is 0 Å². The second-order valence-corrected chi connectivity index (χ2v) is 5.84. The average Bonchev–Trinajstić information content (AvgIpc) is 2.49. The summed E-state index contributed by atoms with van der Waals surface area (Å²) >= 11 is 5.92. The zero-order chi connectivity index (χ0) is 14.4. The molecule has 2 aromatic rings. The molecule has 0 aromatic heterocycles. The van der Waals surface area contributed by atoms with Crippen LogP contribution in [0.4, 0.5) is 0 Å². The molecule has 0 amide bonds. The lowest BCUT2D eigenvalue weighted by molar-refractivity contribution is 0.359. The van der Waals surface area contributed by atoms with Gasteiger partial charge in [-0.15, -0.1) is 0 Å². The molecule has 0 aliphatic carbocycles. The van der Waals surface area contributed by atoms with Gasteiger partial charge in [-0.3, -0.25) is 0 Å². The largest absolute Gasteiger partial charge is 0.329 e. The van der Waals surface area contributed by atoms with E-state index in [9.17, 15) is 0 Å². The van der Waals surface area contributed by atoms with E-state index in [0.717, 1.165) is 18.0 Å². The minimum atomic E-state index is -0.121. The molecule has 0 radical (unpaired) electrons. The van der Waals surface area contributed by atoms with Crippen molar-refractivity contribution < 1.29 is 0 Å². The Morgan fingerprint density at radius 3 is 2.25 bits per heavy atom. The van der Waals surface area contributed by atoms with Crippen LogP contribution in [0.1, 0.15) is 18.1 Å². The number of hydrogen-bond acceptors (Lipinski definition) is 2. The van der Waals surface area contributed by atoms with Crippen molar-refractivity contribution in [2.75, 3.05) is 6.54 Å². The molecule has 20 heavy (non-hydrogen) atoms. The quantitative estimate of drug-likeness (QED) is 0.855. The fourth-order valence-corrected chi connectivity index (χ4v) is 2.30. The predicted molar refractivity (Wildman–Crippen MR) is 85.9 cm³/mol. The Morgan fingerprint density at radius 1 is 1.00 bits per heavy atom. The third-order valence-corrected chi connectivity index (χ3v) is 3.77. The van der Waals surface area contributed by atoms with Crippen LogP contribution in [-0.2, 0) is 13.0 Å². The minimum absolute atomic E-state index is 0.121. The van der Waals surface area contributed by atoms with E-state index in [0.29, 0.717) is 6.54 Å². The average molecular weight is 289 g/mol. The van der Waals surface area contributed by atoms with E-state index in [-0.39, 0.29) is 5.54 Å². The molecule has 0 saturated heterocycles. The van der Waals surface area contributed by atoms with Crippen molar-refractivity contribution >= 4 is 11.6 Å². The first-order chi connectivity index (χ1) is 9.61. The van der Waals surface area contributed by atoms with Gasteiger partial charge in [0.05, 0.1) is 0 Å². The fraction of sp³-hybridized carbons (Fsp3) is 0.294. The lowest BCUT2D eigenvalue weighted by Crippen LogP contribution is -2.50. The van der Waals surface area contributed by atoms with Crippen LogP contribution in [0.15, 0.2) is 54.6 Å². The van der Waals surface area contributed by atoms with Crippen molar-refractivity contribution in [3.05, 3.63) is 70.7 Å². The normalized spacial score (nSPS) is 13.9. The lowest BCUT2D eigenvalue weighted by atomic mass is 9.92. The summed E-state index contributed by atoms with van der Waals surface area (Å²) in [5.74, 6) is 0. The SMILES string of the molecule is CC(CN)(Cc1ccc(Cl)cc1)NCc1ccccc1. The summed E-state index contributed by atoms with van der Waals surface area (Å²) < 4.78 is 0. The number of nitrogens with two attached hydrogens (primary N) is 1. The first kappa shape index (κ1) is 15.0. The van der Waals surface area contributed by atoms with Crippen LogP contribution in [0, 0.1) is 0 Å². The molecule has 2 aromatic carbocycles. The molecule has 0 heterocycles. The second-order valence-electron chi connectivity index (χ2n) is 5.41. The van der Waals surface area contributed by atoms with Gasteiger partial charge in [-0.2, -0.15) is 0 Å². The summed E-state index contributed by atoms with van der Waals surface area (Å²) in [7, 11) is 0. The zero-order valence-corrected chi connectivity index (χ0v) is 12.5. The van der Waals surface area contributed by atoms with Gasteiger partial charge in [0.15, 0.2) is 0 Å². The molecular formula is C17H21ClN2. The lowest BCUT2D eigenvalue weighted by Gasteiger charge is -2.30. The minimum Gasteiger partial charge on any atom is -0.329 e. The van der Waals surface area contributed by atoms with E-state index in [1.165, 1.54) is 11.1 Å². The first-order valence-electron chi connectivity index (χ1n) is 6.85. The van der Waals surface area contributed by atoms with Crippen LogP contribution in [0.25, 0.3) is 0 Å². The number of nitrogens with one attached hydrogen (secondary N) is 1. The number of hydrogen-bond donors (Lipinski definition) is 2. The van der Waals surface area contributed by atoms with Gasteiger partial charge in [-0.1, -0.05) is 54.1 Å². The molecule has 2 rings (SSSR count). The highest BCUT2D eigenvalue weighted by Gasteiger charge is 2.22. The maximum Gasteiger partial charge on any atom is 0.0406 e. The van der Waals surface area contributed by atoms with Gasteiger partial charge in [0.2, 0.25) is 0 Å². The van der Waals surface area contributed by atoms with Crippen molar-refractivity contribution in [3.63, 3.8) is 0 Å². The molecule has 0 saturated carbocycles. The molecular weight excluding hydrogens is 268 g/mol. The van der Waals surface area contributed by atoms with Gasteiger partial charge >= 0.3 is 0 Å². The smallest absolute Gasteiger partial charge is 0.0406 e. The van der Waals surface area contributed by atoms with E-state index in [2.05, 4.69) is 48.6 Å². The maximum absolute atomic E-state index is 5.96. The van der Waals surface area contributed by atoms with Gasteiger partial charge in [0.25, 0.3) is 0 Å². The van der Waals surface area contributed by atoms with E-state index in [1.807, 2.05) is 18.2 Å². The van der Waals surface area contributed by atoms with Crippen LogP contribution in [-0.4, -0.2) is 12.1 Å². The monoisotopic (exact) mass is 288 g/mol. The molecule has 0 spiro atoms. The third-order valence-electron chi connectivity index (χ3n) is 3.52. The highest BCUT2D eigenvalue weighted by Crippen LogP contribution is 2.16. The van der Waals surface area contributed by atoms with Crippen LogP contribution in [0.5, 0.6) is 0 Å². The molecule has 0 aliphatic rings. The number of benzene rings is 2. The van der Waals surface area contributed by atoms with Gasteiger partial charge in [0.1, 0.15) is 0 Å². The van der Waals surface area contributed by atoms with Gasteiger partial charge in [-0.05, 0) is 36.6 Å². The Labute approximate surface area is 126 Å². The molecule has 0 aliphatic heterocycles. The van der Waals surface area contributed by atoms with E-state index in [1.54, 1.807) is 0 Å². The molecule has 106 valence electrons. The predicted octanol–water partition coefficient (Wildman–Crippen LogP) is 3.39. The number of rotatable bonds is 6. The summed E-state index contributed by atoms with van der Waals surface area (Å²) in [4.78, 5) is 0. The summed E-state index contributed by atoms with van der Waals surface area (Å²) in [6, 6.07) is 18.3. The highest BCUT2D eigenvalue weighted by molar-refractivity contribution is 6.30. The molecule has 0 fully saturated rings. The Balaban J connectivity index is 1.99. The Bertz CT molecular complexity index is 524. The molecule has 2 nitrogen and oxygen atoms in total. The van der Waals surface area contributed by atoms with E-state index < -0.39 is 0 Å². The van der Waals surface area contributed by atoms with Crippen molar-refractivity contribution in [2.24, 2.45) is 5.73 Å². The summed E-state index contributed by atoms with van der Waals surface area (Å²) in [6.07, 6.45) is 0.882. The summed E-state index contributed by atoms with van der Waals surface area (Å²) in [5.41, 5.74) is 8.34. The molecule has 3 N–H and O–H groups in total. The zero-order valence-electron chi connectivity index (χ0n) is 11.8. The van der Waals surface area contributed by atoms with Crippen LogP contribution in [0.2, 0.25) is 5.02 Å². The Hall–Kier alpha value is -1.35. The topological polar surface area (TPSA) is 38.0 Å². The Morgan fingerprint density at radius 2 is 1.65 bits per heavy atom. The molecule has 1 atom stereocenters. The molecule has 1 unspecified atom stereocenters. The maximum atomic E-state index is 5.96. The standard InChI is InChI=1S/C17H21ClN2/c1-17(13-19,11-14-7-9-16(18)10-8-14)20-12-15-5-3-2-4-6-15/h2-10,20H,11-13,19H2,1H3. The van der Waals surface area contributed by atoms with Crippen LogP contribution in [0.3, 0.4) is 0 Å². The van der Waals surface area contributed by atoms with Gasteiger partial charge in [-0.25, -0.2) is 0 Å². The Kier molecular flexibility index (Phi) is 5.18. The van der Waals surface area contributed by atoms with Crippen molar-refractivity contribution in [1.29, 1.82) is 0 Å². The fourth-order valence-electron chi connectivity index (χ4n) is 2.17. The molecule has 0 bridgehead atoms. The first-order valence-corrected chi connectivity index (χ1v) is 7.23. The van der Waals surface area contributed by atoms with Gasteiger partial charge in [0, 0.05) is 23.7 Å². The number of halogens is 1. The second kappa shape index (κ2) is 6.89. The third kappa shape index (κ3) is 4.34. The highest BCUT2D eigenvalue weighted by atomic mass is 35.5. The van der Waals surface area contributed by atoms with Crippen molar-refractivity contribution in [1.82, 2.24) is 5.32 Å². The molecule has 3 heteroatoms. The summed E-state index contributed by atoms with van der Waals surface area (Å²) in [6.45, 7) is 3.56. The van der Waals surface area contributed by atoms with E-state index in [4.69, 9.17) is 17.3 Å². The van der Waals surface area contributed by atoms with Crippen molar-refractivity contribution in [2.45, 2.75) is 25.4 Å².